The van der Waals surface area contributed by atoms with Crippen molar-refractivity contribution >= 4 is 88.0 Å². The summed E-state index contributed by atoms with van der Waals surface area (Å²) in [7, 11) is 0. The van der Waals surface area contributed by atoms with Crippen LogP contribution in [0.25, 0.3) is 0 Å². The van der Waals surface area contributed by atoms with E-state index in [0.29, 0.717) is 0 Å². The summed E-state index contributed by atoms with van der Waals surface area (Å²) in [4.78, 5) is 20.0. The summed E-state index contributed by atoms with van der Waals surface area (Å²) in [5.74, 6) is 7.13. The van der Waals surface area contributed by atoms with Gasteiger partial charge >= 0.3 is 63.2 Å². The van der Waals surface area contributed by atoms with Gasteiger partial charge in [0.1, 0.15) is 0 Å². The van der Waals surface area contributed by atoms with Crippen LogP contribution in [0.15, 0.2) is 0 Å². The van der Waals surface area contributed by atoms with Gasteiger partial charge in [-0.05, 0) is 0 Å². The second-order valence-electron chi connectivity index (χ2n) is 0.947. The molecule has 0 aromatic carbocycles. The molecule has 6 N–H and O–H groups in total. The van der Waals surface area contributed by atoms with Crippen LogP contribution in [0.5, 0.6) is 0 Å². The first-order valence-corrected chi connectivity index (χ1v) is 1.74. The number of rotatable bonds is 0. The summed E-state index contributed by atoms with van der Waals surface area (Å²) < 4.78 is 0. The summed E-state index contributed by atoms with van der Waals surface area (Å²) in [6.07, 6.45) is 0. The van der Waals surface area contributed by atoms with Crippen molar-refractivity contribution in [2.24, 2.45) is 11.7 Å². The Hall–Kier alpha value is 1.08. The van der Waals surface area contributed by atoms with Crippen molar-refractivity contribution in [3.8, 4) is 0 Å². The predicted molar refractivity (Wildman–Crippen MR) is 46.3 cm³/mol. The van der Waals surface area contributed by atoms with E-state index in [-0.39, 0.29) is 76.2 Å². The first-order chi connectivity index (χ1) is 3.72. The molecule has 0 bridgehead atoms. The predicted octanol–water partition coefficient (Wildman–Crippen LogP) is -2.84. The Morgan fingerprint density at radius 3 is 1.18 bits per heavy atom. The van der Waals surface area contributed by atoms with Gasteiger partial charge in [-0.2, -0.15) is 0 Å². The summed E-state index contributed by atoms with van der Waals surface area (Å²) in [5.41, 5.74) is 3.17. The average molecular weight is 231 g/mol. The van der Waals surface area contributed by atoms with E-state index in [4.69, 9.17) is 0 Å². The van der Waals surface area contributed by atoms with Crippen LogP contribution in [0, 0.1) is 0 Å². The zero-order valence-corrected chi connectivity index (χ0v) is 6.42. The van der Waals surface area contributed by atoms with Crippen LogP contribution in [0.3, 0.4) is 0 Å². The van der Waals surface area contributed by atoms with Gasteiger partial charge in [0, 0.05) is 0 Å². The third kappa shape index (κ3) is 11.1. The molecule has 9 heteroatoms. The van der Waals surface area contributed by atoms with E-state index in [2.05, 4.69) is 11.7 Å². The van der Waals surface area contributed by atoms with Gasteiger partial charge < -0.3 is 0 Å². The molecule has 0 rings (SSSR count). The quantitative estimate of drug-likeness (QED) is 0.118. The Bertz CT molecular complexity index is 109. The van der Waals surface area contributed by atoms with Gasteiger partial charge in [-0.15, -0.1) is 24.8 Å². The first kappa shape index (κ1) is 22.7. The number of carbonyl (C=O) groups excluding carboxylic acids is 2. The molecule has 0 heterocycles. The van der Waals surface area contributed by atoms with Crippen LogP contribution in [-0.2, 0) is 9.59 Å². The minimum absolute atomic E-state index is 0. The van der Waals surface area contributed by atoms with Gasteiger partial charge in [0.2, 0.25) is 0 Å². The molecule has 0 aliphatic heterocycles. The second kappa shape index (κ2) is 13.7. The Kier molecular flexibility index (Phi) is 28.2. The van der Waals surface area contributed by atoms with Crippen LogP contribution in [0.4, 0.5) is 0 Å². The number of carbonyl (C=O) groups is 2. The molecule has 0 unspecified atom stereocenters. The first-order valence-electron chi connectivity index (χ1n) is 1.74. The van der Waals surface area contributed by atoms with Crippen molar-refractivity contribution in [1.29, 1.82) is 0 Å². The number of halogens is 2. The van der Waals surface area contributed by atoms with Crippen LogP contribution < -0.4 is 22.5 Å². The normalized spacial score (nSPS) is 5.64. The topological polar surface area (TPSA) is 110 Å². The van der Waals surface area contributed by atoms with Gasteiger partial charge in [-0.1, -0.05) is 0 Å². The number of hydrazine groups is 2. The van der Waals surface area contributed by atoms with Gasteiger partial charge in [-0.25, -0.2) is 11.7 Å². The van der Waals surface area contributed by atoms with E-state index in [1.165, 1.54) is 0 Å². The number of hydrogen-bond acceptors (Lipinski definition) is 4. The second-order valence-corrected chi connectivity index (χ2v) is 0.947. The molecule has 2 amide bonds. The molecule has 0 radical (unpaired) electrons. The fraction of sp³-hybridized carbons (Fsp3) is 0. The molecule has 0 aromatic heterocycles. The molecule has 0 aliphatic carbocycles. The number of amides is 2. The summed E-state index contributed by atoms with van der Waals surface area (Å²) in [6, 6.07) is 0. The number of nitrogens with one attached hydrogen (secondary N) is 2. The Morgan fingerprint density at radius 2 is 1.09 bits per heavy atom. The molecule has 0 fully saturated rings. The molecule has 0 saturated carbocycles. The molecular formula is C2H9Cl2KN4O2. The molecule has 0 saturated heterocycles. The maximum atomic E-state index is 10.0. The van der Waals surface area contributed by atoms with E-state index in [0.717, 1.165) is 0 Å². The summed E-state index contributed by atoms with van der Waals surface area (Å²) >= 11 is 0. The van der Waals surface area contributed by atoms with E-state index < -0.39 is 11.8 Å². The van der Waals surface area contributed by atoms with Crippen molar-refractivity contribution < 1.29 is 9.59 Å². The number of hydrogen-bond donors (Lipinski definition) is 4. The van der Waals surface area contributed by atoms with Crippen LogP contribution >= 0.6 is 24.8 Å². The third-order valence-corrected chi connectivity index (χ3v) is 0.468. The molecule has 0 spiro atoms. The standard InChI is InChI=1S/C2H6N4O2.2ClH.K.H/c3-5-1(7)2(8)6-4;;;;/h3-4H2,(H,5,7)(H,6,8);2*1H;;. The van der Waals surface area contributed by atoms with E-state index in [1.807, 2.05) is 0 Å². The average Bonchev–Trinajstić information content (AvgIpc) is 1.84. The van der Waals surface area contributed by atoms with Crippen LogP contribution in [0.2, 0.25) is 0 Å². The van der Waals surface area contributed by atoms with Crippen LogP contribution in [0.1, 0.15) is 0 Å². The Balaban J connectivity index is -0.0000000817. The summed E-state index contributed by atoms with van der Waals surface area (Å²) in [6.45, 7) is 0. The van der Waals surface area contributed by atoms with Crippen molar-refractivity contribution in [3.05, 3.63) is 0 Å². The molecular weight excluding hydrogens is 222 g/mol. The molecule has 11 heavy (non-hydrogen) atoms. The molecule has 64 valence electrons. The summed E-state index contributed by atoms with van der Waals surface area (Å²) in [5, 5.41) is 0. The molecule has 0 atom stereocenters. The van der Waals surface area contributed by atoms with Crippen molar-refractivity contribution in [1.82, 2.24) is 10.9 Å². The van der Waals surface area contributed by atoms with Gasteiger partial charge in [0.15, 0.2) is 0 Å². The zero-order valence-electron chi connectivity index (χ0n) is 4.79. The fourth-order valence-corrected chi connectivity index (χ4v) is 0.131. The van der Waals surface area contributed by atoms with E-state index >= 15 is 0 Å². The SMILES string of the molecule is Cl.Cl.NNC(=O)C(=O)NN.[KH]. The van der Waals surface area contributed by atoms with E-state index in [9.17, 15) is 9.59 Å². The van der Waals surface area contributed by atoms with Crippen molar-refractivity contribution in [2.75, 3.05) is 0 Å². The van der Waals surface area contributed by atoms with Crippen molar-refractivity contribution in [2.45, 2.75) is 0 Å². The van der Waals surface area contributed by atoms with Gasteiger partial charge in [0.05, 0.1) is 0 Å². The maximum absolute atomic E-state index is 10.0. The Morgan fingerprint density at radius 1 is 0.909 bits per heavy atom. The van der Waals surface area contributed by atoms with Crippen molar-refractivity contribution in [3.63, 3.8) is 0 Å². The monoisotopic (exact) mass is 230 g/mol. The third-order valence-electron chi connectivity index (χ3n) is 0.468. The number of nitrogens with two attached hydrogens (primary N) is 2. The Labute approximate surface area is 118 Å². The molecule has 0 aromatic rings. The molecule has 0 aliphatic rings. The zero-order chi connectivity index (χ0) is 6.57. The van der Waals surface area contributed by atoms with Gasteiger partial charge in [-0.3, -0.25) is 20.4 Å². The minimum atomic E-state index is -0.965. The molecule has 6 nitrogen and oxygen atoms in total. The van der Waals surface area contributed by atoms with Crippen LogP contribution in [-0.4, -0.2) is 63.2 Å². The van der Waals surface area contributed by atoms with E-state index in [1.54, 1.807) is 10.9 Å². The fourth-order valence-electron chi connectivity index (χ4n) is 0.131. The van der Waals surface area contributed by atoms with Gasteiger partial charge in [0.25, 0.3) is 0 Å².